The molecule has 1 aliphatic carbocycles. The first-order valence-corrected chi connectivity index (χ1v) is 5.81. The van der Waals surface area contributed by atoms with Crippen molar-refractivity contribution < 1.29 is 0 Å². The zero-order chi connectivity index (χ0) is 10.7. The molecule has 82 valence electrons. The molecule has 0 radical (unpaired) electrons. The van der Waals surface area contributed by atoms with Crippen molar-refractivity contribution in [1.82, 2.24) is 0 Å². The first kappa shape index (κ1) is 10.5. The fourth-order valence-corrected chi connectivity index (χ4v) is 2.36. The Morgan fingerprint density at radius 3 is 2.27 bits per heavy atom. The number of benzene rings is 1. The molecule has 1 fully saturated rings. The van der Waals surface area contributed by atoms with Gasteiger partial charge in [-0.2, -0.15) is 0 Å². The minimum absolute atomic E-state index is 0.436. The Labute approximate surface area is 92.1 Å². The van der Waals surface area contributed by atoms with E-state index in [1.807, 2.05) is 0 Å². The molecule has 0 unspecified atom stereocenters. The van der Waals surface area contributed by atoms with Gasteiger partial charge in [0, 0.05) is 24.8 Å². The molecule has 15 heavy (non-hydrogen) atoms. The number of hydrogen-bond acceptors (Lipinski definition) is 2. The molecular weight excluding hydrogens is 184 g/mol. The highest BCUT2D eigenvalue weighted by Gasteiger charge is 2.21. The van der Waals surface area contributed by atoms with E-state index < -0.39 is 0 Å². The fraction of sp³-hybridized carbons (Fsp3) is 0.538. The summed E-state index contributed by atoms with van der Waals surface area (Å²) >= 11 is 0. The quantitative estimate of drug-likeness (QED) is 0.801. The summed E-state index contributed by atoms with van der Waals surface area (Å²) in [5.74, 6) is 0. The highest BCUT2D eigenvalue weighted by molar-refractivity contribution is 5.46. The van der Waals surface area contributed by atoms with Gasteiger partial charge in [0.2, 0.25) is 0 Å². The van der Waals surface area contributed by atoms with Crippen LogP contribution in [0.2, 0.25) is 0 Å². The van der Waals surface area contributed by atoms with Crippen LogP contribution < -0.4 is 10.6 Å². The molecule has 0 aliphatic heterocycles. The number of rotatable bonds is 2. The molecule has 1 aliphatic rings. The van der Waals surface area contributed by atoms with Crippen molar-refractivity contribution in [2.24, 2.45) is 5.73 Å². The summed E-state index contributed by atoms with van der Waals surface area (Å²) in [5.41, 5.74) is 7.23. The molecule has 0 atom stereocenters. The Bertz CT molecular complexity index is 289. The molecule has 0 spiro atoms. The van der Waals surface area contributed by atoms with E-state index in [1.54, 1.807) is 0 Å². The van der Waals surface area contributed by atoms with Gasteiger partial charge in [0.1, 0.15) is 0 Å². The van der Waals surface area contributed by atoms with Crippen molar-refractivity contribution in [3.8, 4) is 0 Å². The topological polar surface area (TPSA) is 29.3 Å². The maximum atomic E-state index is 5.92. The molecule has 1 aromatic carbocycles. The number of anilines is 1. The molecule has 2 heteroatoms. The van der Waals surface area contributed by atoms with Gasteiger partial charge in [-0.3, -0.25) is 0 Å². The van der Waals surface area contributed by atoms with E-state index in [0.29, 0.717) is 12.1 Å². The molecule has 2 rings (SSSR count). The first-order chi connectivity index (χ1) is 7.27. The van der Waals surface area contributed by atoms with Crippen LogP contribution in [0.3, 0.4) is 0 Å². The number of hydrogen-bond donors (Lipinski definition) is 1. The van der Waals surface area contributed by atoms with Gasteiger partial charge >= 0.3 is 0 Å². The lowest BCUT2D eigenvalue weighted by molar-refractivity contribution is 0.385. The second-order valence-corrected chi connectivity index (χ2v) is 4.52. The number of nitrogens with zero attached hydrogens (tertiary/aromatic N) is 1. The lowest BCUT2D eigenvalue weighted by atomic mass is 9.91. The summed E-state index contributed by atoms with van der Waals surface area (Å²) in [7, 11) is 2.19. The maximum Gasteiger partial charge on any atom is 0.0366 e. The average molecular weight is 204 g/mol. The van der Waals surface area contributed by atoms with Gasteiger partial charge in [-0.1, -0.05) is 18.2 Å². The normalized spacial score (nSPS) is 26.3. The fourth-order valence-electron chi connectivity index (χ4n) is 2.36. The summed E-state index contributed by atoms with van der Waals surface area (Å²) in [6, 6.07) is 11.7. The Morgan fingerprint density at radius 2 is 1.67 bits per heavy atom. The molecule has 2 nitrogen and oxygen atoms in total. The molecule has 0 saturated heterocycles. The second-order valence-electron chi connectivity index (χ2n) is 4.52. The molecule has 2 N–H and O–H groups in total. The van der Waals surface area contributed by atoms with Crippen molar-refractivity contribution in [1.29, 1.82) is 0 Å². The molecule has 0 aromatic heterocycles. The average Bonchev–Trinajstić information content (AvgIpc) is 2.30. The third-order valence-electron chi connectivity index (χ3n) is 3.45. The van der Waals surface area contributed by atoms with Gasteiger partial charge in [0.25, 0.3) is 0 Å². The van der Waals surface area contributed by atoms with Gasteiger partial charge in [0.05, 0.1) is 0 Å². The van der Waals surface area contributed by atoms with Crippen LogP contribution in [0.5, 0.6) is 0 Å². The Hall–Kier alpha value is -1.02. The lowest BCUT2D eigenvalue weighted by Crippen LogP contribution is -2.38. The van der Waals surface area contributed by atoms with E-state index in [4.69, 9.17) is 5.73 Å². The Morgan fingerprint density at radius 1 is 1.07 bits per heavy atom. The number of nitrogens with two attached hydrogens (primary N) is 1. The Kier molecular flexibility index (Phi) is 3.27. The van der Waals surface area contributed by atoms with E-state index >= 15 is 0 Å². The molecule has 1 aromatic rings. The third kappa shape index (κ3) is 2.51. The van der Waals surface area contributed by atoms with Crippen molar-refractivity contribution >= 4 is 5.69 Å². The van der Waals surface area contributed by atoms with Gasteiger partial charge in [-0.15, -0.1) is 0 Å². The van der Waals surface area contributed by atoms with E-state index in [0.717, 1.165) is 0 Å². The molecular formula is C13H20N2. The molecule has 0 amide bonds. The van der Waals surface area contributed by atoms with Crippen LogP contribution in [0, 0.1) is 0 Å². The van der Waals surface area contributed by atoms with Crippen LogP contribution in [0.15, 0.2) is 30.3 Å². The highest BCUT2D eigenvalue weighted by Crippen LogP contribution is 2.25. The van der Waals surface area contributed by atoms with Gasteiger partial charge < -0.3 is 10.6 Å². The summed E-state index contributed by atoms with van der Waals surface area (Å²) < 4.78 is 0. The minimum Gasteiger partial charge on any atom is -0.372 e. The van der Waals surface area contributed by atoms with Crippen molar-refractivity contribution in [3.63, 3.8) is 0 Å². The molecule has 0 heterocycles. The SMILES string of the molecule is CN(c1ccccc1)C1CCC(N)CC1. The monoisotopic (exact) mass is 204 g/mol. The van der Waals surface area contributed by atoms with E-state index in [1.165, 1.54) is 31.4 Å². The minimum atomic E-state index is 0.436. The third-order valence-corrected chi connectivity index (χ3v) is 3.45. The zero-order valence-electron chi connectivity index (χ0n) is 9.39. The number of para-hydroxylation sites is 1. The van der Waals surface area contributed by atoms with Gasteiger partial charge in [-0.05, 0) is 37.8 Å². The maximum absolute atomic E-state index is 5.92. The summed E-state index contributed by atoms with van der Waals surface area (Å²) in [6.07, 6.45) is 4.79. The van der Waals surface area contributed by atoms with Gasteiger partial charge in [-0.25, -0.2) is 0 Å². The molecule has 1 saturated carbocycles. The zero-order valence-corrected chi connectivity index (χ0v) is 9.39. The van der Waals surface area contributed by atoms with Crippen LogP contribution in [0.1, 0.15) is 25.7 Å². The van der Waals surface area contributed by atoms with Crippen LogP contribution in [-0.2, 0) is 0 Å². The van der Waals surface area contributed by atoms with Crippen molar-refractivity contribution in [2.45, 2.75) is 37.8 Å². The summed E-state index contributed by atoms with van der Waals surface area (Å²) in [6.45, 7) is 0. The van der Waals surface area contributed by atoms with Crippen LogP contribution in [0.25, 0.3) is 0 Å². The molecule has 0 bridgehead atoms. The van der Waals surface area contributed by atoms with Crippen molar-refractivity contribution in [2.75, 3.05) is 11.9 Å². The van der Waals surface area contributed by atoms with Crippen LogP contribution >= 0.6 is 0 Å². The highest BCUT2D eigenvalue weighted by atomic mass is 15.1. The standard InChI is InChI=1S/C13H20N2/c1-15(12-5-3-2-4-6-12)13-9-7-11(14)8-10-13/h2-6,11,13H,7-10,14H2,1H3. The lowest BCUT2D eigenvalue weighted by Gasteiger charge is -2.35. The summed E-state index contributed by atoms with van der Waals surface area (Å²) in [5, 5.41) is 0. The predicted octanol–water partition coefficient (Wildman–Crippen LogP) is 2.39. The van der Waals surface area contributed by atoms with Crippen LogP contribution in [0.4, 0.5) is 5.69 Å². The largest absolute Gasteiger partial charge is 0.372 e. The smallest absolute Gasteiger partial charge is 0.0366 e. The predicted molar refractivity (Wildman–Crippen MR) is 65.1 cm³/mol. The van der Waals surface area contributed by atoms with Crippen molar-refractivity contribution in [3.05, 3.63) is 30.3 Å². The Balaban J connectivity index is 1.99. The van der Waals surface area contributed by atoms with E-state index in [2.05, 4.69) is 42.3 Å². The van der Waals surface area contributed by atoms with E-state index in [-0.39, 0.29) is 0 Å². The second kappa shape index (κ2) is 4.67. The van der Waals surface area contributed by atoms with Crippen LogP contribution in [-0.4, -0.2) is 19.1 Å². The first-order valence-electron chi connectivity index (χ1n) is 5.81. The van der Waals surface area contributed by atoms with E-state index in [9.17, 15) is 0 Å². The van der Waals surface area contributed by atoms with Gasteiger partial charge in [0.15, 0.2) is 0 Å². The summed E-state index contributed by atoms with van der Waals surface area (Å²) in [4.78, 5) is 2.39.